The molecule has 34 heavy (non-hydrogen) atoms. The lowest BCUT2D eigenvalue weighted by molar-refractivity contribution is -0.185. The molecule has 1 saturated heterocycles. The summed E-state index contributed by atoms with van der Waals surface area (Å²) >= 11 is 0. The molecular weight excluding hydrogens is 436 g/mol. The van der Waals surface area contributed by atoms with Gasteiger partial charge in [-0.2, -0.15) is 0 Å². The minimum Gasteiger partial charge on any atom is -0.459 e. The zero-order valence-electron chi connectivity index (χ0n) is 20.3. The second-order valence-corrected chi connectivity index (χ2v) is 11.8. The molecule has 0 aromatic carbocycles. The molecule has 3 N–H and O–H groups in total. The molecule has 1 aliphatic heterocycles. The lowest BCUT2D eigenvalue weighted by atomic mass is 9.50. The first-order valence-corrected chi connectivity index (χ1v) is 12.6. The highest BCUT2D eigenvalue weighted by molar-refractivity contribution is 5.99. The molecule has 12 atom stereocenters. The van der Waals surface area contributed by atoms with Gasteiger partial charge in [0.25, 0.3) is 0 Å². The molecule has 5 aliphatic rings. The zero-order chi connectivity index (χ0) is 24.7. The van der Waals surface area contributed by atoms with E-state index in [1.54, 1.807) is 19.9 Å². The molecule has 7 nitrogen and oxygen atoms in total. The van der Waals surface area contributed by atoms with Crippen LogP contribution in [0.5, 0.6) is 0 Å². The maximum absolute atomic E-state index is 13.6. The van der Waals surface area contributed by atoms with Gasteiger partial charge >= 0.3 is 5.97 Å². The van der Waals surface area contributed by atoms with Gasteiger partial charge in [-0.1, -0.05) is 31.6 Å². The highest BCUT2D eigenvalue weighted by Gasteiger charge is 2.65. The minimum atomic E-state index is -1.83. The third-order valence-electron chi connectivity index (χ3n) is 10.3. The van der Waals surface area contributed by atoms with Crippen LogP contribution >= 0.6 is 0 Å². The van der Waals surface area contributed by atoms with Gasteiger partial charge < -0.3 is 20.1 Å². The molecule has 1 unspecified atom stereocenters. The van der Waals surface area contributed by atoms with Crippen molar-refractivity contribution in [1.82, 2.24) is 0 Å². The van der Waals surface area contributed by atoms with Gasteiger partial charge in [0.1, 0.15) is 18.0 Å². The Morgan fingerprint density at radius 1 is 1.21 bits per heavy atom. The molecule has 0 aromatic heterocycles. The predicted molar refractivity (Wildman–Crippen MR) is 122 cm³/mol. The van der Waals surface area contributed by atoms with E-state index in [0.29, 0.717) is 6.42 Å². The van der Waals surface area contributed by atoms with Crippen molar-refractivity contribution in [3.05, 3.63) is 23.8 Å². The van der Waals surface area contributed by atoms with Crippen LogP contribution in [-0.4, -0.2) is 56.8 Å². The molecule has 0 bridgehead atoms. The molecule has 186 valence electrons. The maximum atomic E-state index is 13.6. The largest absolute Gasteiger partial charge is 0.459 e. The number of allylic oxidation sites excluding steroid dienone is 4. The van der Waals surface area contributed by atoms with Gasteiger partial charge in [0.15, 0.2) is 5.78 Å². The summed E-state index contributed by atoms with van der Waals surface area (Å²) in [4.78, 5) is 38.7. The highest BCUT2D eigenvalue weighted by atomic mass is 16.6. The molecule has 0 amide bonds. The second-order valence-electron chi connectivity index (χ2n) is 11.8. The van der Waals surface area contributed by atoms with E-state index in [1.807, 2.05) is 13.0 Å². The van der Waals surface area contributed by atoms with Gasteiger partial charge in [0.2, 0.25) is 0 Å². The number of aliphatic hydroxyl groups excluding tert-OH is 2. The van der Waals surface area contributed by atoms with E-state index in [0.717, 1.165) is 18.4 Å². The number of esters is 1. The van der Waals surface area contributed by atoms with Gasteiger partial charge in [-0.3, -0.25) is 14.4 Å². The molecule has 0 spiro atoms. The zero-order valence-corrected chi connectivity index (χ0v) is 20.3. The van der Waals surface area contributed by atoms with Gasteiger partial charge in [0.05, 0.1) is 23.0 Å². The van der Waals surface area contributed by atoms with Crippen LogP contribution in [0.25, 0.3) is 0 Å². The first-order chi connectivity index (χ1) is 15.9. The maximum Gasteiger partial charge on any atom is 0.309 e. The van der Waals surface area contributed by atoms with Crippen LogP contribution in [0, 0.1) is 46.8 Å². The van der Waals surface area contributed by atoms with Crippen molar-refractivity contribution in [3.63, 3.8) is 0 Å². The number of fused-ring (bicyclic) bond motifs is 5. The second kappa shape index (κ2) is 7.84. The first-order valence-electron chi connectivity index (χ1n) is 12.6. The molecule has 0 aromatic rings. The smallest absolute Gasteiger partial charge is 0.309 e. The number of hydrogen-bond donors (Lipinski definition) is 3. The molecular formula is C27H36O7. The Balaban J connectivity index is 1.46. The number of aliphatic hydroxyl groups is 3. The van der Waals surface area contributed by atoms with E-state index < -0.39 is 53.1 Å². The molecule has 4 aliphatic carbocycles. The van der Waals surface area contributed by atoms with Crippen LogP contribution in [-0.2, 0) is 19.1 Å². The van der Waals surface area contributed by atoms with Crippen molar-refractivity contribution in [2.45, 2.75) is 77.3 Å². The Kier molecular flexibility index (Phi) is 5.51. The molecule has 7 heteroatoms. The summed E-state index contributed by atoms with van der Waals surface area (Å²) in [5, 5.41) is 33.9. The minimum absolute atomic E-state index is 0.0367. The molecule has 2 saturated carbocycles. The molecule has 3 fully saturated rings. The summed E-state index contributed by atoms with van der Waals surface area (Å²) in [6, 6.07) is 0. The fraction of sp³-hybridized carbons (Fsp3) is 0.741. The Bertz CT molecular complexity index is 979. The number of carbonyl (C=O) groups excluding carboxylic acids is 3. The van der Waals surface area contributed by atoms with Crippen LogP contribution in [0.15, 0.2) is 23.8 Å². The standard InChI is InChI=1S/C27H36O7/c1-12-13(2)25(32)34-23(12)24(31)27(4,33)22-19(29)10-16-15-9-8-14-6-5-7-20(30)26(14,3)17(15)11-18(28)21(16)22/h5,7-8,12-13,15-17,19,21-24,29,31,33H,6,9-11H2,1-4H3/t12-,13-,15+,16+,17+,19+,21-,22+,23?,24+,26+,27+/m1/s1. The number of carbonyl (C=O) groups is 3. The van der Waals surface area contributed by atoms with Crippen molar-refractivity contribution in [3.8, 4) is 0 Å². The van der Waals surface area contributed by atoms with Gasteiger partial charge in [-0.15, -0.1) is 0 Å². The number of hydrogen-bond acceptors (Lipinski definition) is 7. The number of cyclic esters (lactones) is 1. The van der Waals surface area contributed by atoms with E-state index in [9.17, 15) is 29.7 Å². The Hall–Kier alpha value is -1.83. The topological polar surface area (TPSA) is 121 Å². The van der Waals surface area contributed by atoms with Crippen molar-refractivity contribution < 1.29 is 34.4 Å². The SMILES string of the molecule is C[C@H]1C(=O)OC([C@H](O)[C@@](C)(O)[C@@H]2[C@H]3C(=O)C[C@H]4[C@@H](CC=C5CC=CC(=O)[C@@]54C)[C@@H]3C[C@@H]2O)[C@@H]1C. The van der Waals surface area contributed by atoms with E-state index in [4.69, 9.17) is 4.74 Å². The third-order valence-corrected chi connectivity index (χ3v) is 10.3. The van der Waals surface area contributed by atoms with E-state index >= 15 is 0 Å². The van der Waals surface area contributed by atoms with Gasteiger partial charge in [-0.05, 0) is 56.9 Å². The van der Waals surface area contributed by atoms with Crippen LogP contribution in [0.3, 0.4) is 0 Å². The number of ether oxygens (including phenoxy) is 1. The van der Waals surface area contributed by atoms with Gasteiger partial charge in [-0.25, -0.2) is 0 Å². The van der Waals surface area contributed by atoms with Crippen molar-refractivity contribution in [2.75, 3.05) is 0 Å². The Morgan fingerprint density at radius 2 is 1.91 bits per heavy atom. The fourth-order valence-corrected chi connectivity index (χ4v) is 8.05. The Morgan fingerprint density at radius 3 is 2.56 bits per heavy atom. The summed E-state index contributed by atoms with van der Waals surface area (Å²) in [6.07, 6.45) is 4.37. The summed E-state index contributed by atoms with van der Waals surface area (Å²) in [6.45, 7) is 6.93. The summed E-state index contributed by atoms with van der Waals surface area (Å²) in [5.74, 6) is -2.90. The molecule has 5 rings (SSSR count). The molecule has 1 heterocycles. The normalized spacial score (nSPS) is 48.4. The average molecular weight is 473 g/mol. The summed E-state index contributed by atoms with van der Waals surface area (Å²) in [7, 11) is 0. The lowest BCUT2D eigenvalue weighted by Gasteiger charge is -2.52. The lowest BCUT2D eigenvalue weighted by Crippen LogP contribution is -2.59. The van der Waals surface area contributed by atoms with Crippen LogP contribution < -0.4 is 0 Å². The van der Waals surface area contributed by atoms with Crippen LogP contribution in [0.4, 0.5) is 0 Å². The van der Waals surface area contributed by atoms with Crippen LogP contribution in [0.2, 0.25) is 0 Å². The predicted octanol–water partition coefficient (Wildman–Crippen LogP) is 1.98. The number of Topliss-reactive ketones (excluding diaryl/α,β-unsaturated/α-hetero) is 1. The highest BCUT2D eigenvalue weighted by Crippen LogP contribution is 2.61. The number of ketones is 2. The van der Waals surface area contributed by atoms with Crippen molar-refractivity contribution >= 4 is 17.5 Å². The third kappa shape index (κ3) is 3.09. The van der Waals surface area contributed by atoms with E-state index in [-0.39, 0.29) is 41.7 Å². The number of rotatable bonds is 3. The monoisotopic (exact) mass is 472 g/mol. The fourth-order valence-electron chi connectivity index (χ4n) is 8.05. The molecule has 0 radical (unpaired) electrons. The van der Waals surface area contributed by atoms with Gasteiger partial charge in [0, 0.05) is 24.2 Å². The van der Waals surface area contributed by atoms with E-state index in [1.165, 1.54) is 6.92 Å². The van der Waals surface area contributed by atoms with Crippen molar-refractivity contribution in [1.29, 1.82) is 0 Å². The van der Waals surface area contributed by atoms with Crippen LogP contribution in [0.1, 0.15) is 53.4 Å². The quantitative estimate of drug-likeness (QED) is 0.424. The van der Waals surface area contributed by atoms with Crippen molar-refractivity contribution in [2.24, 2.45) is 46.8 Å². The summed E-state index contributed by atoms with van der Waals surface area (Å²) < 4.78 is 5.39. The summed E-state index contributed by atoms with van der Waals surface area (Å²) in [5.41, 5.74) is -1.45. The Labute approximate surface area is 200 Å². The van der Waals surface area contributed by atoms with E-state index in [2.05, 4.69) is 6.08 Å². The first kappa shape index (κ1) is 23.9. The average Bonchev–Trinajstić information content (AvgIpc) is 3.27.